The van der Waals surface area contributed by atoms with E-state index < -0.39 is 0 Å². The molecule has 0 unspecified atom stereocenters. The Kier molecular flexibility index (Phi) is 4.58. The number of rotatable bonds is 6. The maximum atomic E-state index is 12.9. The molecule has 0 aliphatic carbocycles. The highest BCUT2D eigenvalue weighted by Gasteiger charge is 2.22. The maximum Gasteiger partial charge on any atom is 0.273 e. The predicted octanol–water partition coefficient (Wildman–Crippen LogP) is 3.02. The van der Waals surface area contributed by atoms with Crippen LogP contribution >= 0.6 is 0 Å². The van der Waals surface area contributed by atoms with E-state index in [0.29, 0.717) is 18.8 Å². The summed E-state index contributed by atoms with van der Waals surface area (Å²) in [6.45, 7) is 12.4. The molecule has 0 bridgehead atoms. The van der Waals surface area contributed by atoms with Crippen LogP contribution in [0.3, 0.4) is 0 Å². The van der Waals surface area contributed by atoms with Crippen molar-refractivity contribution in [2.75, 3.05) is 13.1 Å². The van der Waals surface area contributed by atoms with Gasteiger partial charge in [0, 0.05) is 19.3 Å². The molecule has 0 aliphatic rings. The second-order valence-electron chi connectivity index (χ2n) is 4.93. The molecule has 0 atom stereocenters. The van der Waals surface area contributed by atoms with Crippen LogP contribution in [0.15, 0.2) is 43.6 Å². The lowest BCUT2D eigenvalue weighted by molar-refractivity contribution is 0.0783. The topological polar surface area (TPSA) is 37.6 Å². The fourth-order valence-corrected chi connectivity index (χ4v) is 2.43. The Morgan fingerprint density at radius 1 is 1.38 bits per heavy atom. The first-order valence-corrected chi connectivity index (χ1v) is 7.11. The summed E-state index contributed by atoms with van der Waals surface area (Å²) in [7, 11) is 0. The SMILES string of the molecule is C=CCN(CC=C)C(=O)c1c(CC)nc2c(C)cccn12. The van der Waals surface area contributed by atoms with Crippen molar-refractivity contribution in [2.45, 2.75) is 20.3 Å². The summed E-state index contributed by atoms with van der Waals surface area (Å²) in [5.41, 5.74) is 3.37. The molecule has 0 saturated heterocycles. The largest absolute Gasteiger partial charge is 0.330 e. The van der Waals surface area contributed by atoms with Crippen LogP contribution in [0.25, 0.3) is 5.65 Å². The van der Waals surface area contributed by atoms with E-state index in [1.165, 1.54) is 0 Å². The molecule has 21 heavy (non-hydrogen) atoms. The van der Waals surface area contributed by atoms with E-state index in [9.17, 15) is 4.79 Å². The minimum Gasteiger partial charge on any atom is -0.330 e. The number of aryl methyl sites for hydroxylation is 2. The predicted molar refractivity (Wildman–Crippen MR) is 85.6 cm³/mol. The molecule has 4 heteroatoms. The molecular formula is C17H21N3O. The van der Waals surface area contributed by atoms with Crippen LogP contribution in [0.4, 0.5) is 0 Å². The number of amides is 1. The fraction of sp³-hybridized carbons (Fsp3) is 0.294. The number of carbonyl (C=O) groups is 1. The van der Waals surface area contributed by atoms with Gasteiger partial charge in [0.2, 0.25) is 0 Å². The number of carbonyl (C=O) groups excluding carboxylic acids is 1. The summed E-state index contributed by atoms with van der Waals surface area (Å²) in [4.78, 5) is 19.2. The van der Waals surface area contributed by atoms with E-state index in [0.717, 1.165) is 23.3 Å². The maximum absolute atomic E-state index is 12.9. The Balaban J connectivity index is 2.58. The molecule has 2 rings (SSSR count). The van der Waals surface area contributed by atoms with Crippen molar-refractivity contribution >= 4 is 11.6 Å². The Morgan fingerprint density at radius 2 is 2.05 bits per heavy atom. The Hall–Kier alpha value is -2.36. The second-order valence-corrected chi connectivity index (χ2v) is 4.93. The Morgan fingerprint density at radius 3 is 2.62 bits per heavy atom. The quantitative estimate of drug-likeness (QED) is 0.764. The molecular weight excluding hydrogens is 262 g/mol. The lowest BCUT2D eigenvalue weighted by Crippen LogP contribution is -2.32. The van der Waals surface area contributed by atoms with Crippen LogP contribution in [-0.2, 0) is 6.42 Å². The number of hydrogen-bond acceptors (Lipinski definition) is 2. The van der Waals surface area contributed by atoms with Crippen LogP contribution < -0.4 is 0 Å². The molecule has 0 radical (unpaired) electrons. The smallest absolute Gasteiger partial charge is 0.273 e. The summed E-state index contributed by atoms with van der Waals surface area (Å²) < 4.78 is 1.88. The molecule has 2 aromatic rings. The molecule has 2 aromatic heterocycles. The first kappa shape index (κ1) is 15.0. The zero-order valence-corrected chi connectivity index (χ0v) is 12.7. The standard InChI is InChI=1S/C17H21N3O/c1-5-10-19(11-6-2)17(21)15-14(7-3)18-16-13(4)9-8-12-20(15)16/h5-6,8-9,12H,1-2,7,10-11H2,3-4H3. The number of aromatic nitrogens is 2. The highest BCUT2D eigenvalue weighted by molar-refractivity contribution is 5.95. The molecule has 2 heterocycles. The molecule has 0 fully saturated rings. The summed E-state index contributed by atoms with van der Waals surface area (Å²) in [5.74, 6) is -0.0373. The van der Waals surface area contributed by atoms with Gasteiger partial charge in [0.15, 0.2) is 0 Å². The molecule has 1 amide bonds. The van der Waals surface area contributed by atoms with Crippen molar-refractivity contribution in [3.05, 3.63) is 60.6 Å². The summed E-state index contributed by atoms with van der Waals surface area (Å²) in [5, 5.41) is 0. The summed E-state index contributed by atoms with van der Waals surface area (Å²) >= 11 is 0. The molecule has 0 N–H and O–H groups in total. The zero-order chi connectivity index (χ0) is 15.4. The monoisotopic (exact) mass is 283 g/mol. The van der Waals surface area contributed by atoms with Gasteiger partial charge < -0.3 is 4.90 Å². The normalized spacial score (nSPS) is 10.6. The van der Waals surface area contributed by atoms with Crippen LogP contribution in [0.2, 0.25) is 0 Å². The van der Waals surface area contributed by atoms with Crippen molar-refractivity contribution in [2.24, 2.45) is 0 Å². The third kappa shape index (κ3) is 2.75. The van der Waals surface area contributed by atoms with Gasteiger partial charge in [-0.2, -0.15) is 0 Å². The number of fused-ring (bicyclic) bond motifs is 1. The molecule has 0 spiro atoms. The lowest BCUT2D eigenvalue weighted by Gasteiger charge is -2.19. The third-order valence-electron chi connectivity index (χ3n) is 3.44. The van der Waals surface area contributed by atoms with Crippen LogP contribution in [0, 0.1) is 6.92 Å². The van der Waals surface area contributed by atoms with Gasteiger partial charge in [0.05, 0.1) is 5.69 Å². The molecule has 0 aliphatic heterocycles. The van der Waals surface area contributed by atoms with E-state index >= 15 is 0 Å². The minimum absolute atomic E-state index is 0.0373. The number of hydrogen-bond donors (Lipinski definition) is 0. The number of imidazole rings is 1. The van der Waals surface area contributed by atoms with E-state index in [1.54, 1.807) is 17.1 Å². The van der Waals surface area contributed by atoms with Crippen molar-refractivity contribution < 1.29 is 4.79 Å². The van der Waals surface area contributed by atoms with Crippen molar-refractivity contribution in [1.29, 1.82) is 0 Å². The van der Waals surface area contributed by atoms with Gasteiger partial charge in [-0.25, -0.2) is 4.98 Å². The number of nitrogens with zero attached hydrogens (tertiary/aromatic N) is 3. The average molecular weight is 283 g/mol. The van der Waals surface area contributed by atoms with Crippen LogP contribution in [-0.4, -0.2) is 33.3 Å². The molecule has 110 valence electrons. The average Bonchev–Trinajstić information content (AvgIpc) is 2.86. The Labute approximate surface area is 125 Å². The van der Waals surface area contributed by atoms with Crippen molar-refractivity contribution in [3.63, 3.8) is 0 Å². The first-order chi connectivity index (χ1) is 10.1. The van der Waals surface area contributed by atoms with Gasteiger partial charge >= 0.3 is 0 Å². The highest BCUT2D eigenvalue weighted by Crippen LogP contribution is 2.18. The van der Waals surface area contributed by atoms with Gasteiger partial charge in [-0.1, -0.05) is 25.1 Å². The van der Waals surface area contributed by atoms with Gasteiger partial charge in [0.1, 0.15) is 11.3 Å². The second kappa shape index (κ2) is 6.39. The van der Waals surface area contributed by atoms with Crippen LogP contribution in [0.1, 0.15) is 28.7 Å². The molecule has 0 aromatic carbocycles. The fourth-order valence-electron chi connectivity index (χ4n) is 2.43. The third-order valence-corrected chi connectivity index (χ3v) is 3.44. The van der Waals surface area contributed by atoms with Gasteiger partial charge in [-0.3, -0.25) is 9.20 Å². The van der Waals surface area contributed by atoms with Gasteiger partial charge in [-0.15, -0.1) is 13.2 Å². The van der Waals surface area contributed by atoms with E-state index in [-0.39, 0.29) is 5.91 Å². The van der Waals surface area contributed by atoms with Crippen molar-refractivity contribution in [1.82, 2.24) is 14.3 Å². The molecule has 4 nitrogen and oxygen atoms in total. The molecule has 0 saturated carbocycles. The van der Waals surface area contributed by atoms with E-state index in [2.05, 4.69) is 18.1 Å². The lowest BCUT2D eigenvalue weighted by atomic mass is 10.2. The first-order valence-electron chi connectivity index (χ1n) is 7.11. The van der Waals surface area contributed by atoms with Gasteiger partial charge in [-0.05, 0) is 25.0 Å². The van der Waals surface area contributed by atoms with Crippen molar-refractivity contribution in [3.8, 4) is 0 Å². The Bertz CT molecular complexity index is 675. The van der Waals surface area contributed by atoms with E-state index in [4.69, 9.17) is 0 Å². The van der Waals surface area contributed by atoms with Gasteiger partial charge in [0.25, 0.3) is 5.91 Å². The van der Waals surface area contributed by atoms with Crippen LogP contribution in [0.5, 0.6) is 0 Å². The summed E-state index contributed by atoms with van der Waals surface area (Å²) in [6, 6.07) is 3.94. The van der Waals surface area contributed by atoms with E-state index in [1.807, 2.05) is 36.6 Å². The summed E-state index contributed by atoms with van der Waals surface area (Å²) in [6.07, 6.45) is 6.06. The number of pyridine rings is 1. The zero-order valence-electron chi connectivity index (χ0n) is 12.7. The minimum atomic E-state index is -0.0373. The highest BCUT2D eigenvalue weighted by atomic mass is 16.2.